The molecule has 0 radical (unpaired) electrons. The number of anilines is 1. The summed E-state index contributed by atoms with van der Waals surface area (Å²) in [6.45, 7) is 3.68. The van der Waals surface area contributed by atoms with Gasteiger partial charge in [-0.25, -0.2) is 18.6 Å². The highest BCUT2D eigenvalue weighted by molar-refractivity contribution is 7.93. The molecule has 1 aliphatic rings. The van der Waals surface area contributed by atoms with Crippen molar-refractivity contribution >= 4 is 27.6 Å². The minimum absolute atomic E-state index is 0.0776. The van der Waals surface area contributed by atoms with Crippen LogP contribution in [0.25, 0.3) is 0 Å². The van der Waals surface area contributed by atoms with Crippen LogP contribution >= 0.6 is 0 Å². The molecular weight excluding hydrogens is 350 g/mol. The standard InChI is InChI=1S/C15H21N3O6S/c1-4-24-15(20)11-8-16-17-13(11)25(21,22)18-12-6-5-9(2)7-10(12)14(19)23-3/h5-7,11,13,16-18H,4,8H2,1-3H3. The Hall–Kier alpha value is -2.17. The first-order valence-corrected chi connectivity index (χ1v) is 9.20. The van der Waals surface area contributed by atoms with E-state index in [9.17, 15) is 18.0 Å². The van der Waals surface area contributed by atoms with Crippen molar-refractivity contribution in [2.45, 2.75) is 19.2 Å². The van der Waals surface area contributed by atoms with E-state index in [0.29, 0.717) is 0 Å². The molecule has 1 fully saturated rings. The zero-order valence-electron chi connectivity index (χ0n) is 14.2. The first-order valence-electron chi connectivity index (χ1n) is 7.65. The summed E-state index contributed by atoms with van der Waals surface area (Å²) < 4.78 is 37.3. The summed E-state index contributed by atoms with van der Waals surface area (Å²) in [6.07, 6.45) is 0. The summed E-state index contributed by atoms with van der Waals surface area (Å²) in [5.74, 6) is -2.20. The Morgan fingerprint density at radius 1 is 1.36 bits per heavy atom. The van der Waals surface area contributed by atoms with E-state index in [-0.39, 0.29) is 24.4 Å². The first kappa shape index (κ1) is 19.2. The molecule has 1 aliphatic heterocycles. The Labute approximate surface area is 146 Å². The number of carbonyl (C=O) groups is 2. The maximum atomic E-state index is 12.7. The van der Waals surface area contributed by atoms with Gasteiger partial charge in [0.15, 0.2) is 5.37 Å². The Morgan fingerprint density at radius 3 is 2.72 bits per heavy atom. The molecule has 0 bridgehead atoms. The van der Waals surface area contributed by atoms with Gasteiger partial charge in [0, 0.05) is 6.54 Å². The normalized spacial score (nSPS) is 20.1. The summed E-state index contributed by atoms with van der Waals surface area (Å²) in [5.41, 5.74) is 6.15. The van der Waals surface area contributed by atoms with Crippen molar-refractivity contribution in [3.05, 3.63) is 29.3 Å². The van der Waals surface area contributed by atoms with Crippen molar-refractivity contribution in [1.82, 2.24) is 10.9 Å². The van der Waals surface area contributed by atoms with Crippen LogP contribution in [-0.4, -0.2) is 46.0 Å². The lowest BCUT2D eigenvalue weighted by Crippen LogP contribution is -2.44. The number of hydrogen-bond donors (Lipinski definition) is 3. The van der Waals surface area contributed by atoms with Gasteiger partial charge in [-0.2, -0.15) is 0 Å². The second-order valence-electron chi connectivity index (χ2n) is 5.49. The molecule has 0 aliphatic carbocycles. The largest absolute Gasteiger partial charge is 0.466 e. The Bertz CT molecular complexity index is 765. The highest BCUT2D eigenvalue weighted by Gasteiger charge is 2.43. The maximum Gasteiger partial charge on any atom is 0.340 e. The van der Waals surface area contributed by atoms with Crippen molar-refractivity contribution in [2.75, 3.05) is 25.0 Å². The minimum Gasteiger partial charge on any atom is -0.466 e. The third-order valence-electron chi connectivity index (χ3n) is 3.69. The van der Waals surface area contributed by atoms with Crippen LogP contribution in [0.3, 0.4) is 0 Å². The molecule has 10 heteroatoms. The molecule has 0 spiro atoms. The summed E-state index contributed by atoms with van der Waals surface area (Å²) >= 11 is 0. The topological polar surface area (TPSA) is 123 Å². The van der Waals surface area contributed by atoms with Crippen LogP contribution in [-0.2, 0) is 24.3 Å². The van der Waals surface area contributed by atoms with E-state index in [4.69, 9.17) is 4.74 Å². The highest BCUT2D eigenvalue weighted by atomic mass is 32.2. The third-order valence-corrected chi connectivity index (χ3v) is 5.31. The number of esters is 2. The molecule has 1 aromatic carbocycles. The fourth-order valence-corrected chi connectivity index (χ4v) is 3.96. The number of carbonyl (C=O) groups excluding carboxylic acids is 2. The predicted molar refractivity (Wildman–Crippen MR) is 90.1 cm³/mol. The summed E-state index contributed by atoms with van der Waals surface area (Å²) in [4.78, 5) is 23.8. The van der Waals surface area contributed by atoms with E-state index in [1.165, 1.54) is 19.2 Å². The molecule has 0 saturated carbocycles. The summed E-state index contributed by atoms with van der Waals surface area (Å²) in [5, 5.41) is -1.24. The number of hydrazine groups is 1. The van der Waals surface area contributed by atoms with Crippen molar-refractivity contribution in [3.63, 3.8) is 0 Å². The summed E-state index contributed by atoms with van der Waals surface area (Å²) in [6, 6.07) is 4.65. The van der Waals surface area contributed by atoms with E-state index in [2.05, 4.69) is 20.3 Å². The van der Waals surface area contributed by atoms with Crippen LogP contribution in [0.15, 0.2) is 18.2 Å². The fourth-order valence-electron chi connectivity index (χ4n) is 2.47. The molecular formula is C15H21N3O6S. The number of sulfonamides is 1. The number of ether oxygens (including phenoxy) is 2. The third kappa shape index (κ3) is 4.27. The van der Waals surface area contributed by atoms with Crippen LogP contribution in [0.2, 0.25) is 0 Å². The molecule has 1 heterocycles. The number of nitrogens with one attached hydrogen (secondary N) is 3. The monoisotopic (exact) mass is 371 g/mol. The number of benzene rings is 1. The Balaban J connectivity index is 2.30. The van der Waals surface area contributed by atoms with Crippen molar-refractivity contribution in [2.24, 2.45) is 5.92 Å². The fraction of sp³-hybridized carbons (Fsp3) is 0.467. The van der Waals surface area contributed by atoms with Gasteiger partial charge in [0.2, 0.25) is 0 Å². The zero-order chi connectivity index (χ0) is 18.6. The number of aryl methyl sites for hydroxylation is 1. The highest BCUT2D eigenvalue weighted by Crippen LogP contribution is 2.23. The quantitative estimate of drug-likeness (QED) is 0.604. The maximum absolute atomic E-state index is 12.7. The molecule has 1 aromatic rings. The van der Waals surface area contributed by atoms with Gasteiger partial charge in [-0.15, -0.1) is 0 Å². The molecule has 2 rings (SSSR count). The van der Waals surface area contributed by atoms with Gasteiger partial charge in [-0.3, -0.25) is 14.9 Å². The smallest absolute Gasteiger partial charge is 0.340 e. The Kier molecular flexibility index (Phi) is 5.98. The summed E-state index contributed by atoms with van der Waals surface area (Å²) in [7, 11) is -2.82. The first-order chi connectivity index (χ1) is 11.8. The molecule has 1 saturated heterocycles. The average Bonchev–Trinajstić information content (AvgIpc) is 3.06. The van der Waals surface area contributed by atoms with Crippen LogP contribution in [0, 0.1) is 12.8 Å². The SMILES string of the molecule is CCOC(=O)C1CNNC1S(=O)(=O)Nc1ccc(C)cc1C(=O)OC. The molecule has 2 atom stereocenters. The number of rotatable bonds is 6. The number of methoxy groups -OCH3 is 1. The van der Waals surface area contributed by atoms with Crippen molar-refractivity contribution < 1.29 is 27.5 Å². The predicted octanol–water partition coefficient (Wildman–Crippen LogP) is 0.137. The second kappa shape index (κ2) is 7.81. The molecule has 0 amide bonds. The average molecular weight is 371 g/mol. The van der Waals surface area contributed by atoms with Crippen LogP contribution in [0.1, 0.15) is 22.8 Å². The van der Waals surface area contributed by atoms with Gasteiger partial charge in [0.1, 0.15) is 5.92 Å². The molecule has 3 N–H and O–H groups in total. The van der Waals surface area contributed by atoms with E-state index in [0.717, 1.165) is 5.56 Å². The van der Waals surface area contributed by atoms with Crippen molar-refractivity contribution in [1.29, 1.82) is 0 Å². The van der Waals surface area contributed by atoms with Crippen LogP contribution in [0.4, 0.5) is 5.69 Å². The molecule has 0 aromatic heterocycles. The molecule has 2 unspecified atom stereocenters. The lowest BCUT2D eigenvalue weighted by Gasteiger charge is -2.19. The van der Waals surface area contributed by atoms with Gasteiger partial charge in [0.25, 0.3) is 10.0 Å². The lowest BCUT2D eigenvalue weighted by atomic mass is 10.1. The molecule has 25 heavy (non-hydrogen) atoms. The molecule has 138 valence electrons. The van der Waals surface area contributed by atoms with E-state index in [1.54, 1.807) is 19.9 Å². The van der Waals surface area contributed by atoms with E-state index >= 15 is 0 Å². The second-order valence-corrected chi connectivity index (χ2v) is 7.29. The van der Waals surface area contributed by atoms with Gasteiger partial charge < -0.3 is 9.47 Å². The molecule has 9 nitrogen and oxygen atoms in total. The zero-order valence-corrected chi connectivity index (χ0v) is 15.0. The van der Waals surface area contributed by atoms with Gasteiger partial charge in [-0.05, 0) is 26.0 Å². The Morgan fingerprint density at radius 2 is 2.08 bits per heavy atom. The van der Waals surface area contributed by atoms with E-state index < -0.39 is 33.3 Å². The number of hydrogen-bond acceptors (Lipinski definition) is 8. The van der Waals surface area contributed by atoms with E-state index in [1.807, 2.05) is 0 Å². The van der Waals surface area contributed by atoms with Crippen LogP contribution < -0.4 is 15.6 Å². The van der Waals surface area contributed by atoms with Gasteiger partial charge in [0.05, 0.1) is 25.0 Å². The van der Waals surface area contributed by atoms with Gasteiger partial charge >= 0.3 is 11.9 Å². The minimum atomic E-state index is -4.03. The lowest BCUT2D eigenvalue weighted by molar-refractivity contribution is -0.147. The van der Waals surface area contributed by atoms with Crippen molar-refractivity contribution in [3.8, 4) is 0 Å². The van der Waals surface area contributed by atoms with Gasteiger partial charge in [-0.1, -0.05) is 11.6 Å². The van der Waals surface area contributed by atoms with Crippen LogP contribution in [0.5, 0.6) is 0 Å².